The quantitative estimate of drug-likeness (QED) is 0.342. The molecule has 2 aromatic carbocycles. The fraction of sp³-hybridized carbons (Fsp3) is 0.345. The monoisotopic (exact) mass is 516 g/mol. The van der Waals surface area contributed by atoms with E-state index in [4.69, 9.17) is 0 Å². The molecule has 0 saturated carbocycles. The maximum Gasteiger partial charge on any atom is 0.276 e. The van der Waals surface area contributed by atoms with Gasteiger partial charge in [-0.1, -0.05) is 12.5 Å². The highest BCUT2D eigenvalue weighted by Crippen LogP contribution is 2.31. The third-order valence-corrected chi connectivity index (χ3v) is 7.47. The smallest absolute Gasteiger partial charge is 0.276 e. The molecule has 2 saturated heterocycles. The largest absolute Gasteiger partial charge is 0.357 e. The maximum absolute atomic E-state index is 15.0. The summed E-state index contributed by atoms with van der Waals surface area (Å²) in [6, 6.07) is 11.7. The van der Waals surface area contributed by atoms with E-state index < -0.39 is 17.5 Å². The van der Waals surface area contributed by atoms with Gasteiger partial charge in [-0.3, -0.25) is 14.8 Å². The molecule has 0 radical (unpaired) electrons. The van der Waals surface area contributed by atoms with E-state index in [9.17, 15) is 13.6 Å². The Morgan fingerprint density at radius 3 is 2.55 bits per heavy atom. The Labute approximate surface area is 219 Å². The summed E-state index contributed by atoms with van der Waals surface area (Å²) in [4.78, 5) is 22.1. The van der Waals surface area contributed by atoms with Gasteiger partial charge in [0.05, 0.1) is 5.52 Å². The number of hydrogen-bond donors (Lipinski definition) is 2. The number of aromatic amines is 1. The van der Waals surface area contributed by atoms with Crippen molar-refractivity contribution in [1.29, 1.82) is 0 Å². The summed E-state index contributed by atoms with van der Waals surface area (Å²) in [6.45, 7) is 4.41. The minimum Gasteiger partial charge on any atom is -0.357 e. The van der Waals surface area contributed by atoms with Crippen LogP contribution in [0.4, 0.5) is 20.3 Å². The zero-order valence-electron chi connectivity index (χ0n) is 21.1. The number of carbonyl (C=O) groups is 1. The second kappa shape index (κ2) is 10.5. The zero-order valence-corrected chi connectivity index (χ0v) is 21.1. The number of carbonyl (C=O) groups excluding carboxylic acids is 1. The van der Waals surface area contributed by atoms with Crippen molar-refractivity contribution in [3.05, 3.63) is 71.6 Å². The van der Waals surface area contributed by atoms with Crippen molar-refractivity contribution in [3.8, 4) is 11.1 Å². The minimum atomic E-state index is -0.896. The summed E-state index contributed by atoms with van der Waals surface area (Å²) in [7, 11) is 0. The van der Waals surface area contributed by atoms with Crippen LogP contribution in [0.1, 0.15) is 48.2 Å². The van der Waals surface area contributed by atoms with Crippen LogP contribution in [0.25, 0.3) is 22.0 Å². The van der Waals surface area contributed by atoms with Crippen LogP contribution in [0.2, 0.25) is 0 Å². The summed E-state index contributed by atoms with van der Waals surface area (Å²) in [5.74, 6) is -1.33. The van der Waals surface area contributed by atoms with Gasteiger partial charge in [-0.15, -0.1) is 0 Å². The lowest BCUT2D eigenvalue weighted by atomic mass is 9.99. The zero-order chi connectivity index (χ0) is 26.1. The molecule has 1 amide bonds. The molecule has 2 aliphatic heterocycles. The molecule has 0 bridgehead atoms. The van der Waals surface area contributed by atoms with E-state index in [0.717, 1.165) is 63.2 Å². The predicted octanol–water partition coefficient (Wildman–Crippen LogP) is 5.74. The lowest BCUT2D eigenvalue weighted by molar-refractivity contribution is 0.102. The SMILES string of the molecule is O=C(Nc1ccnc(N2CCCC2)c1)c1n[nH]c2ccc(-c3cc(CN4CCCCC4)cc(F)c3F)cc12. The van der Waals surface area contributed by atoms with Gasteiger partial charge in [0.2, 0.25) is 0 Å². The molecule has 0 spiro atoms. The number of halogens is 2. The first-order valence-electron chi connectivity index (χ1n) is 13.3. The molecule has 4 aromatic rings. The number of aromatic nitrogens is 3. The lowest BCUT2D eigenvalue weighted by Crippen LogP contribution is -2.29. The molecule has 7 nitrogen and oxygen atoms in total. The second-order valence-electron chi connectivity index (χ2n) is 10.2. The number of benzene rings is 2. The highest BCUT2D eigenvalue weighted by atomic mass is 19.2. The van der Waals surface area contributed by atoms with Crippen LogP contribution in [0.15, 0.2) is 48.7 Å². The number of fused-ring (bicyclic) bond motifs is 1. The number of amides is 1. The first-order chi connectivity index (χ1) is 18.5. The molecule has 196 valence electrons. The Balaban J connectivity index is 1.28. The molecule has 6 rings (SSSR count). The van der Waals surface area contributed by atoms with Gasteiger partial charge in [-0.2, -0.15) is 5.10 Å². The van der Waals surface area contributed by atoms with Crippen LogP contribution < -0.4 is 10.2 Å². The van der Waals surface area contributed by atoms with E-state index in [2.05, 4.69) is 30.3 Å². The van der Waals surface area contributed by atoms with Crippen LogP contribution in [0.5, 0.6) is 0 Å². The van der Waals surface area contributed by atoms with E-state index >= 15 is 0 Å². The number of anilines is 2. The first kappa shape index (κ1) is 24.5. The molecule has 0 unspecified atom stereocenters. The van der Waals surface area contributed by atoms with Crippen LogP contribution >= 0.6 is 0 Å². The number of piperidine rings is 1. The molecule has 2 fully saturated rings. The van der Waals surface area contributed by atoms with E-state index in [1.165, 1.54) is 12.5 Å². The van der Waals surface area contributed by atoms with Gasteiger partial charge in [0.1, 0.15) is 5.82 Å². The number of likely N-dealkylation sites (tertiary alicyclic amines) is 1. The number of nitrogens with zero attached hydrogens (tertiary/aromatic N) is 4. The molecule has 9 heteroatoms. The van der Waals surface area contributed by atoms with E-state index in [-0.39, 0.29) is 11.3 Å². The molecule has 2 N–H and O–H groups in total. The number of hydrogen-bond acceptors (Lipinski definition) is 5. The lowest BCUT2D eigenvalue weighted by Gasteiger charge is -2.26. The van der Waals surface area contributed by atoms with Crippen LogP contribution in [0, 0.1) is 11.6 Å². The molecular formula is C29H30F2N6O. The van der Waals surface area contributed by atoms with E-state index in [1.807, 2.05) is 6.07 Å². The summed E-state index contributed by atoms with van der Waals surface area (Å²) in [5, 5.41) is 10.5. The standard InChI is InChI=1S/C29H30F2N6O/c30-24-15-19(18-36-10-2-1-3-11-36)14-22(27(24)31)20-6-7-25-23(16-20)28(35-34-25)29(38)33-21-8-9-32-26(17-21)37-12-4-5-13-37/h6-9,14-17H,1-5,10-13,18H2,(H,34,35)(H,32,33,38). The Morgan fingerprint density at radius 2 is 1.74 bits per heavy atom. The summed E-state index contributed by atoms with van der Waals surface area (Å²) >= 11 is 0. The van der Waals surface area contributed by atoms with Crippen LogP contribution in [-0.2, 0) is 6.54 Å². The Bertz CT molecular complexity index is 1470. The minimum absolute atomic E-state index is 0.177. The van der Waals surface area contributed by atoms with E-state index in [1.54, 1.807) is 36.5 Å². The molecular weight excluding hydrogens is 486 g/mol. The second-order valence-corrected chi connectivity index (χ2v) is 10.2. The van der Waals surface area contributed by atoms with Crippen molar-refractivity contribution < 1.29 is 13.6 Å². The molecule has 2 aromatic heterocycles. The van der Waals surface area contributed by atoms with Gasteiger partial charge < -0.3 is 10.2 Å². The molecule has 0 aliphatic carbocycles. The number of H-pyrrole nitrogens is 1. The molecule has 4 heterocycles. The van der Waals surface area contributed by atoms with Crippen molar-refractivity contribution in [2.45, 2.75) is 38.6 Å². The van der Waals surface area contributed by atoms with Crippen molar-refractivity contribution >= 4 is 28.3 Å². The molecule has 38 heavy (non-hydrogen) atoms. The fourth-order valence-electron chi connectivity index (χ4n) is 5.48. The van der Waals surface area contributed by atoms with Gasteiger partial charge >= 0.3 is 0 Å². The topological polar surface area (TPSA) is 77.1 Å². The third-order valence-electron chi connectivity index (χ3n) is 7.47. The summed E-state index contributed by atoms with van der Waals surface area (Å²) in [6.07, 6.45) is 7.39. The van der Waals surface area contributed by atoms with Gasteiger partial charge in [-0.25, -0.2) is 13.8 Å². The van der Waals surface area contributed by atoms with E-state index in [0.29, 0.717) is 28.7 Å². The summed E-state index contributed by atoms with van der Waals surface area (Å²) < 4.78 is 29.6. The van der Waals surface area contributed by atoms with Gasteiger partial charge in [0, 0.05) is 48.5 Å². The van der Waals surface area contributed by atoms with Gasteiger partial charge in [-0.05, 0) is 80.2 Å². The number of pyridine rings is 1. The Hall–Kier alpha value is -3.85. The van der Waals surface area contributed by atoms with Crippen molar-refractivity contribution in [2.24, 2.45) is 0 Å². The average molecular weight is 517 g/mol. The summed E-state index contributed by atoms with van der Waals surface area (Å²) in [5.41, 5.74) is 2.85. The van der Waals surface area contributed by atoms with Gasteiger partial charge in [0.15, 0.2) is 17.3 Å². The highest BCUT2D eigenvalue weighted by Gasteiger charge is 2.20. The third kappa shape index (κ3) is 4.98. The Kier molecular flexibility index (Phi) is 6.76. The van der Waals surface area contributed by atoms with Crippen molar-refractivity contribution in [2.75, 3.05) is 36.4 Å². The molecule has 2 aliphatic rings. The van der Waals surface area contributed by atoms with Crippen molar-refractivity contribution in [1.82, 2.24) is 20.1 Å². The normalized spacial score (nSPS) is 16.3. The van der Waals surface area contributed by atoms with Gasteiger partial charge in [0.25, 0.3) is 5.91 Å². The van der Waals surface area contributed by atoms with Crippen LogP contribution in [-0.4, -0.2) is 52.2 Å². The number of rotatable bonds is 6. The molecule has 0 atom stereocenters. The number of nitrogens with one attached hydrogen (secondary N) is 2. The fourth-order valence-corrected chi connectivity index (χ4v) is 5.48. The average Bonchev–Trinajstić information content (AvgIpc) is 3.62. The van der Waals surface area contributed by atoms with Crippen LogP contribution in [0.3, 0.4) is 0 Å². The highest BCUT2D eigenvalue weighted by molar-refractivity contribution is 6.11. The predicted molar refractivity (Wildman–Crippen MR) is 144 cm³/mol. The maximum atomic E-state index is 15.0. The van der Waals surface area contributed by atoms with Crippen molar-refractivity contribution in [3.63, 3.8) is 0 Å². The first-order valence-corrected chi connectivity index (χ1v) is 13.3. The Morgan fingerprint density at radius 1 is 0.947 bits per heavy atom.